The lowest BCUT2D eigenvalue weighted by molar-refractivity contribution is -0.137. The Labute approximate surface area is 187 Å². The van der Waals surface area contributed by atoms with E-state index in [1.807, 2.05) is 0 Å². The molecule has 0 spiro atoms. The van der Waals surface area contributed by atoms with Gasteiger partial charge in [-0.3, -0.25) is 9.58 Å². The standard InChI is InChI=1S/C22H26F5N5O/c23-19(24)11-32-18(9-17(30-32)12-6-16(22(25,26)27)21(28)29-10-12)20-14-7-13(8-15(14)20)31-2-1-4-33-5-3-31/h6,9-10,13-15,19-20H,1-5,7-8,11H2,(H2,28,29)/t13-,14+,15-,20+. The van der Waals surface area contributed by atoms with E-state index in [1.54, 1.807) is 6.07 Å². The molecule has 3 fully saturated rings. The Bertz CT molecular complexity index is 990. The second-order valence-electron chi connectivity index (χ2n) is 9.16. The van der Waals surface area contributed by atoms with Crippen LogP contribution in [-0.4, -0.2) is 58.4 Å². The largest absolute Gasteiger partial charge is 0.419 e. The molecule has 2 aromatic rings. The van der Waals surface area contributed by atoms with Crippen LogP contribution in [0.4, 0.5) is 27.8 Å². The lowest BCUT2D eigenvalue weighted by Gasteiger charge is -2.28. The third kappa shape index (κ3) is 4.44. The Balaban J connectivity index is 1.37. The third-order valence-electron chi connectivity index (χ3n) is 7.18. The molecule has 1 saturated heterocycles. The first-order chi connectivity index (χ1) is 15.7. The number of halogens is 5. The Kier molecular flexibility index (Phi) is 5.80. The number of pyridine rings is 1. The highest BCUT2D eigenvalue weighted by Gasteiger charge is 2.58. The van der Waals surface area contributed by atoms with Gasteiger partial charge >= 0.3 is 6.18 Å². The molecule has 2 N–H and O–H groups in total. The quantitative estimate of drug-likeness (QED) is 0.667. The van der Waals surface area contributed by atoms with Crippen molar-refractivity contribution in [3.05, 3.63) is 29.6 Å². The number of aromatic nitrogens is 3. The second-order valence-corrected chi connectivity index (χ2v) is 9.16. The summed E-state index contributed by atoms with van der Waals surface area (Å²) in [6.07, 6.45) is -3.08. The normalized spacial score (nSPS) is 28.2. The zero-order chi connectivity index (χ0) is 23.3. The van der Waals surface area contributed by atoms with Crippen molar-refractivity contribution in [2.24, 2.45) is 11.8 Å². The molecule has 2 saturated carbocycles. The third-order valence-corrected chi connectivity index (χ3v) is 7.18. The van der Waals surface area contributed by atoms with Gasteiger partial charge in [0.25, 0.3) is 6.43 Å². The lowest BCUT2D eigenvalue weighted by atomic mass is 10.0. The molecule has 4 atom stereocenters. The van der Waals surface area contributed by atoms with Gasteiger partial charge in [0.15, 0.2) is 0 Å². The molecule has 3 heterocycles. The predicted molar refractivity (Wildman–Crippen MR) is 111 cm³/mol. The predicted octanol–water partition coefficient (Wildman–Crippen LogP) is 4.03. The van der Waals surface area contributed by atoms with Gasteiger partial charge in [0.1, 0.15) is 12.4 Å². The van der Waals surface area contributed by atoms with Crippen molar-refractivity contribution >= 4 is 5.82 Å². The average molecular weight is 471 g/mol. The Morgan fingerprint density at radius 3 is 2.58 bits per heavy atom. The smallest absolute Gasteiger partial charge is 0.383 e. The summed E-state index contributed by atoms with van der Waals surface area (Å²) in [5.74, 6) is 0.249. The Morgan fingerprint density at radius 1 is 1.12 bits per heavy atom. The van der Waals surface area contributed by atoms with Crippen molar-refractivity contribution in [1.82, 2.24) is 19.7 Å². The summed E-state index contributed by atoms with van der Waals surface area (Å²) in [5, 5.41) is 4.24. The molecular formula is C22H26F5N5O. The summed E-state index contributed by atoms with van der Waals surface area (Å²) < 4.78 is 73.1. The molecule has 3 aliphatic rings. The summed E-state index contributed by atoms with van der Waals surface area (Å²) in [6, 6.07) is 3.00. The first-order valence-electron chi connectivity index (χ1n) is 11.2. The van der Waals surface area contributed by atoms with Crippen LogP contribution in [0.1, 0.15) is 36.4 Å². The molecule has 5 rings (SSSR count). The zero-order valence-electron chi connectivity index (χ0n) is 17.9. The van der Waals surface area contributed by atoms with Crippen LogP contribution in [0.3, 0.4) is 0 Å². The van der Waals surface area contributed by atoms with Gasteiger partial charge in [0.2, 0.25) is 0 Å². The fourth-order valence-corrected chi connectivity index (χ4v) is 5.64. The van der Waals surface area contributed by atoms with E-state index in [4.69, 9.17) is 10.5 Å². The molecule has 6 nitrogen and oxygen atoms in total. The number of fused-ring (bicyclic) bond motifs is 1. The van der Waals surface area contributed by atoms with E-state index in [2.05, 4.69) is 15.0 Å². The average Bonchev–Trinajstić information content (AvgIpc) is 3.13. The number of ether oxygens (including phenoxy) is 1. The SMILES string of the molecule is Nc1ncc(-c2cc([C@@H]3[C@@H]4C[C@H](N5CCCOCC5)C[C@@H]43)n(CC(F)F)n2)cc1C(F)(F)F. The first kappa shape index (κ1) is 22.5. The van der Waals surface area contributed by atoms with E-state index in [0.717, 1.165) is 51.6 Å². The van der Waals surface area contributed by atoms with Gasteiger partial charge in [-0.1, -0.05) is 0 Å². The molecule has 0 unspecified atom stereocenters. The highest BCUT2D eigenvalue weighted by atomic mass is 19.4. The summed E-state index contributed by atoms with van der Waals surface area (Å²) in [4.78, 5) is 6.12. The Morgan fingerprint density at radius 2 is 1.88 bits per heavy atom. The second kappa shape index (κ2) is 8.50. The molecule has 1 aliphatic heterocycles. The van der Waals surface area contributed by atoms with Crippen LogP contribution in [0.5, 0.6) is 0 Å². The fourth-order valence-electron chi connectivity index (χ4n) is 5.64. The van der Waals surface area contributed by atoms with Crippen molar-refractivity contribution in [1.29, 1.82) is 0 Å². The monoisotopic (exact) mass is 471 g/mol. The van der Waals surface area contributed by atoms with Crippen LogP contribution in [0.25, 0.3) is 11.3 Å². The number of anilines is 1. The number of nitrogens with zero attached hydrogens (tertiary/aromatic N) is 4. The van der Waals surface area contributed by atoms with Crippen molar-refractivity contribution in [3.8, 4) is 11.3 Å². The number of hydrogen-bond donors (Lipinski definition) is 1. The molecule has 2 aromatic heterocycles. The fraction of sp³-hybridized carbons (Fsp3) is 0.636. The van der Waals surface area contributed by atoms with Gasteiger partial charge in [-0.15, -0.1) is 0 Å². The maximum absolute atomic E-state index is 13.3. The number of hydrogen-bond acceptors (Lipinski definition) is 5. The summed E-state index contributed by atoms with van der Waals surface area (Å²) in [7, 11) is 0. The van der Waals surface area contributed by atoms with Gasteiger partial charge in [-0.25, -0.2) is 13.8 Å². The maximum Gasteiger partial charge on any atom is 0.419 e. The van der Waals surface area contributed by atoms with Crippen molar-refractivity contribution < 1.29 is 26.7 Å². The maximum atomic E-state index is 13.3. The highest BCUT2D eigenvalue weighted by molar-refractivity contribution is 5.63. The van der Waals surface area contributed by atoms with Crippen LogP contribution in [0.15, 0.2) is 18.3 Å². The minimum atomic E-state index is -4.66. The number of alkyl halides is 5. The zero-order valence-corrected chi connectivity index (χ0v) is 17.9. The molecule has 0 bridgehead atoms. The molecule has 180 valence electrons. The van der Waals surface area contributed by atoms with Gasteiger partial charge in [0.05, 0.1) is 17.9 Å². The van der Waals surface area contributed by atoms with Crippen molar-refractivity contribution in [2.45, 2.75) is 50.4 Å². The topological polar surface area (TPSA) is 69.2 Å². The van der Waals surface area contributed by atoms with Crippen molar-refractivity contribution in [3.63, 3.8) is 0 Å². The van der Waals surface area contributed by atoms with Crippen LogP contribution >= 0.6 is 0 Å². The molecule has 0 aromatic carbocycles. The molecule has 33 heavy (non-hydrogen) atoms. The van der Waals surface area contributed by atoms with Crippen LogP contribution in [0.2, 0.25) is 0 Å². The van der Waals surface area contributed by atoms with E-state index in [1.165, 1.54) is 10.9 Å². The summed E-state index contributed by atoms with van der Waals surface area (Å²) in [5.41, 5.74) is 5.32. The first-order valence-corrected chi connectivity index (χ1v) is 11.2. The van der Waals surface area contributed by atoms with E-state index < -0.39 is 30.5 Å². The van der Waals surface area contributed by atoms with E-state index in [0.29, 0.717) is 23.6 Å². The molecular weight excluding hydrogens is 445 g/mol. The Hall–Kier alpha value is -2.27. The number of nitrogen functional groups attached to an aromatic ring is 1. The van der Waals surface area contributed by atoms with Crippen LogP contribution in [0, 0.1) is 11.8 Å². The summed E-state index contributed by atoms with van der Waals surface area (Å²) >= 11 is 0. The molecule has 0 radical (unpaired) electrons. The number of rotatable bonds is 5. The lowest BCUT2D eigenvalue weighted by Crippen LogP contribution is -2.36. The molecule has 11 heteroatoms. The van der Waals surface area contributed by atoms with Gasteiger partial charge in [0, 0.05) is 49.1 Å². The van der Waals surface area contributed by atoms with E-state index in [-0.39, 0.29) is 17.2 Å². The highest BCUT2D eigenvalue weighted by Crippen LogP contribution is 2.64. The van der Waals surface area contributed by atoms with Gasteiger partial charge in [-0.2, -0.15) is 18.3 Å². The minimum absolute atomic E-state index is 0.105. The molecule has 2 aliphatic carbocycles. The van der Waals surface area contributed by atoms with Crippen molar-refractivity contribution in [2.75, 3.05) is 32.0 Å². The van der Waals surface area contributed by atoms with Crippen LogP contribution < -0.4 is 5.73 Å². The van der Waals surface area contributed by atoms with Crippen LogP contribution in [-0.2, 0) is 17.5 Å². The number of nitrogens with two attached hydrogens (primary N) is 1. The minimum Gasteiger partial charge on any atom is -0.383 e. The summed E-state index contributed by atoms with van der Waals surface area (Å²) in [6.45, 7) is 2.84. The molecule has 0 amide bonds. The van der Waals surface area contributed by atoms with E-state index in [9.17, 15) is 22.0 Å². The van der Waals surface area contributed by atoms with Gasteiger partial charge in [-0.05, 0) is 43.2 Å². The van der Waals surface area contributed by atoms with Gasteiger partial charge < -0.3 is 10.5 Å². The van der Waals surface area contributed by atoms with E-state index >= 15 is 0 Å².